The molecule has 2 atom stereocenters. The van der Waals surface area contributed by atoms with Crippen molar-refractivity contribution >= 4 is 34.7 Å². The molecule has 6 rings (SSSR count). The van der Waals surface area contributed by atoms with Gasteiger partial charge in [-0.2, -0.15) is 0 Å². The molecule has 3 N–H and O–H groups in total. The van der Waals surface area contributed by atoms with Crippen LogP contribution in [0.3, 0.4) is 0 Å². The predicted octanol–water partition coefficient (Wildman–Crippen LogP) is 1.74. The third-order valence-corrected chi connectivity index (χ3v) is 6.98. The van der Waals surface area contributed by atoms with E-state index in [2.05, 4.69) is 16.0 Å². The van der Waals surface area contributed by atoms with E-state index in [1.54, 1.807) is 24.3 Å². The van der Waals surface area contributed by atoms with Gasteiger partial charge in [0, 0.05) is 36.4 Å². The van der Waals surface area contributed by atoms with Crippen LogP contribution in [0.5, 0.6) is 5.75 Å². The number of nitrogens with zero attached hydrogens (tertiary/aromatic N) is 1. The summed E-state index contributed by atoms with van der Waals surface area (Å²) in [6, 6.07) is 11.9. The standard InChI is InChI=1S/C25H22N4O6/c1-34-17-4-2-14-11-29(22(31)18(14)9-17)12-25(23(32)27-24(33)28-25)20-7-15-6-13(3-5-19(15)35-20)16-8-21(30)26-10-16/h2-7,9,16H,8,10-12H2,1H3,(H,26,30)(H2,27,28,32,33)/t16?,25-/m0/s1. The molecule has 4 heterocycles. The number of furan rings is 1. The van der Waals surface area contributed by atoms with Gasteiger partial charge in [0.25, 0.3) is 11.8 Å². The number of ether oxygens (including phenoxy) is 1. The fourth-order valence-corrected chi connectivity index (χ4v) is 5.10. The van der Waals surface area contributed by atoms with Gasteiger partial charge in [-0.25, -0.2) is 4.79 Å². The summed E-state index contributed by atoms with van der Waals surface area (Å²) >= 11 is 0. The number of nitrogens with one attached hydrogen (secondary N) is 3. The smallest absolute Gasteiger partial charge is 0.322 e. The van der Waals surface area contributed by atoms with E-state index < -0.39 is 17.5 Å². The molecular formula is C25H22N4O6. The Balaban J connectivity index is 1.36. The number of imide groups is 1. The fourth-order valence-electron chi connectivity index (χ4n) is 5.10. The second kappa shape index (κ2) is 7.59. The van der Waals surface area contributed by atoms with Gasteiger partial charge in [0.2, 0.25) is 5.91 Å². The molecule has 2 saturated heterocycles. The van der Waals surface area contributed by atoms with Crippen molar-refractivity contribution in [3.8, 4) is 5.75 Å². The Morgan fingerprint density at radius 3 is 2.69 bits per heavy atom. The SMILES string of the molecule is COc1ccc2c(c1)C(=O)N(C[C@@]1(c3cc4cc(C5CNC(=O)C5)ccc4o3)NC(=O)NC1=O)C2. The maximum Gasteiger partial charge on any atom is 0.322 e. The van der Waals surface area contributed by atoms with E-state index in [4.69, 9.17) is 9.15 Å². The number of carbonyl (C=O) groups excluding carboxylic acids is 4. The maximum absolute atomic E-state index is 13.2. The molecule has 2 aromatic carbocycles. The molecule has 2 fully saturated rings. The topological polar surface area (TPSA) is 130 Å². The highest BCUT2D eigenvalue weighted by Crippen LogP contribution is 2.36. The van der Waals surface area contributed by atoms with Gasteiger partial charge >= 0.3 is 6.03 Å². The molecule has 10 heteroatoms. The van der Waals surface area contributed by atoms with Crippen molar-refractivity contribution in [2.45, 2.75) is 24.4 Å². The van der Waals surface area contributed by atoms with Crippen LogP contribution in [0.1, 0.15) is 39.6 Å². The highest BCUT2D eigenvalue weighted by Gasteiger charge is 2.53. The van der Waals surface area contributed by atoms with Crippen molar-refractivity contribution < 1.29 is 28.3 Å². The third kappa shape index (κ3) is 3.32. The molecule has 0 spiro atoms. The van der Waals surface area contributed by atoms with Crippen molar-refractivity contribution in [3.63, 3.8) is 0 Å². The van der Waals surface area contributed by atoms with Gasteiger partial charge in [0.05, 0.1) is 13.7 Å². The minimum absolute atomic E-state index is 0.0150. The Hall–Kier alpha value is -4.34. The van der Waals surface area contributed by atoms with Crippen molar-refractivity contribution in [1.29, 1.82) is 0 Å². The number of carbonyl (C=O) groups is 4. The van der Waals surface area contributed by atoms with Crippen LogP contribution >= 0.6 is 0 Å². The molecule has 3 aliphatic rings. The summed E-state index contributed by atoms with van der Waals surface area (Å²) in [6.07, 6.45) is 0.418. The van der Waals surface area contributed by atoms with Crippen molar-refractivity contribution in [2.24, 2.45) is 0 Å². The van der Waals surface area contributed by atoms with Gasteiger partial charge in [-0.3, -0.25) is 19.7 Å². The van der Waals surface area contributed by atoms with E-state index in [0.717, 1.165) is 16.5 Å². The van der Waals surface area contributed by atoms with E-state index >= 15 is 0 Å². The van der Waals surface area contributed by atoms with Crippen LogP contribution in [0.25, 0.3) is 11.0 Å². The molecule has 0 aliphatic carbocycles. The zero-order valence-corrected chi connectivity index (χ0v) is 18.8. The molecule has 1 aromatic heterocycles. The number of amides is 5. The van der Waals surface area contributed by atoms with E-state index in [0.29, 0.717) is 29.9 Å². The van der Waals surface area contributed by atoms with Crippen molar-refractivity contribution in [1.82, 2.24) is 20.9 Å². The van der Waals surface area contributed by atoms with Gasteiger partial charge in [0.15, 0.2) is 5.54 Å². The first kappa shape index (κ1) is 21.2. The second-order valence-electron chi connectivity index (χ2n) is 9.11. The number of urea groups is 1. The third-order valence-electron chi connectivity index (χ3n) is 6.98. The number of benzene rings is 2. The molecule has 35 heavy (non-hydrogen) atoms. The lowest BCUT2D eigenvalue weighted by molar-refractivity contribution is -0.125. The fraction of sp³-hybridized carbons (Fsp3) is 0.280. The van der Waals surface area contributed by atoms with E-state index in [9.17, 15) is 19.2 Å². The van der Waals surface area contributed by atoms with Gasteiger partial charge < -0.3 is 24.7 Å². The largest absolute Gasteiger partial charge is 0.497 e. The number of fused-ring (bicyclic) bond motifs is 2. The lowest BCUT2D eigenvalue weighted by Gasteiger charge is -2.29. The van der Waals surface area contributed by atoms with Gasteiger partial charge in [-0.1, -0.05) is 12.1 Å². The lowest BCUT2D eigenvalue weighted by atomic mass is 9.94. The van der Waals surface area contributed by atoms with E-state index in [-0.39, 0.29) is 36.6 Å². The summed E-state index contributed by atoms with van der Waals surface area (Å²) in [4.78, 5) is 51.7. The minimum atomic E-state index is -1.58. The first-order valence-electron chi connectivity index (χ1n) is 11.3. The second-order valence-corrected chi connectivity index (χ2v) is 9.11. The Bertz CT molecular complexity index is 1430. The maximum atomic E-state index is 13.2. The average molecular weight is 474 g/mol. The average Bonchev–Trinajstić information content (AvgIpc) is 3.60. The van der Waals surface area contributed by atoms with Gasteiger partial charge in [0.1, 0.15) is 17.1 Å². The zero-order chi connectivity index (χ0) is 24.3. The van der Waals surface area contributed by atoms with Crippen LogP contribution < -0.4 is 20.7 Å². The molecule has 3 aromatic rings. The Morgan fingerprint density at radius 2 is 1.97 bits per heavy atom. The number of methoxy groups -OCH3 is 1. The van der Waals surface area contributed by atoms with Crippen LogP contribution in [0, 0.1) is 0 Å². The van der Waals surface area contributed by atoms with E-state index in [1.807, 2.05) is 18.2 Å². The molecule has 5 amide bonds. The lowest BCUT2D eigenvalue weighted by Crippen LogP contribution is -2.52. The summed E-state index contributed by atoms with van der Waals surface area (Å²) in [6.45, 7) is 0.754. The Kier molecular flexibility index (Phi) is 4.60. The first-order chi connectivity index (χ1) is 16.9. The Morgan fingerprint density at radius 1 is 1.11 bits per heavy atom. The Labute approximate surface area is 199 Å². The van der Waals surface area contributed by atoms with Crippen LogP contribution in [-0.2, 0) is 21.7 Å². The van der Waals surface area contributed by atoms with Crippen molar-refractivity contribution in [3.05, 3.63) is 64.9 Å². The number of rotatable bonds is 5. The van der Waals surface area contributed by atoms with Crippen LogP contribution in [0.15, 0.2) is 46.9 Å². The molecular weight excluding hydrogens is 452 g/mol. The van der Waals surface area contributed by atoms with Crippen LogP contribution in [0.2, 0.25) is 0 Å². The van der Waals surface area contributed by atoms with Crippen LogP contribution in [0.4, 0.5) is 4.79 Å². The first-order valence-corrected chi connectivity index (χ1v) is 11.3. The summed E-state index contributed by atoms with van der Waals surface area (Å²) in [5.41, 5.74) is 1.25. The molecule has 1 unspecified atom stereocenters. The molecule has 178 valence electrons. The van der Waals surface area contributed by atoms with Crippen LogP contribution in [-0.4, -0.2) is 48.9 Å². The van der Waals surface area contributed by atoms with E-state index in [1.165, 1.54) is 12.0 Å². The van der Waals surface area contributed by atoms with Gasteiger partial charge in [-0.15, -0.1) is 0 Å². The normalized spacial score (nSPS) is 23.5. The van der Waals surface area contributed by atoms with Crippen molar-refractivity contribution in [2.75, 3.05) is 20.2 Å². The highest BCUT2D eigenvalue weighted by atomic mass is 16.5. The minimum Gasteiger partial charge on any atom is -0.497 e. The summed E-state index contributed by atoms with van der Waals surface area (Å²) in [7, 11) is 1.53. The zero-order valence-electron chi connectivity index (χ0n) is 18.8. The summed E-state index contributed by atoms with van der Waals surface area (Å²) in [5, 5.41) is 8.56. The molecule has 0 saturated carbocycles. The molecule has 0 bridgehead atoms. The molecule has 10 nitrogen and oxygen atoms in total. The highest BCUT2D eigenvalue weighted by molar-refractivity contribution is 6.08. The molecule has 3 aliphatic heterocycles. The van der Waals surface area contributed by atoms with Gasteiger partial charge in [-0.05, 0) is 41.5 Å². The monoisotopic (exact) mass is 474 g/mol. The summed E-state index contributed by atoms with van der Waals surface area (Å²) in [5.74, 6) is 0.0214. The predicted molar refractivity (Wildman–Crippen MR) is 123 cm³/mol. The quantitative estimate of drug-likeness (QED) is 0.483. The summed E-state index contributed by atoms with van der Waals surface area (Å²) < 4.78 is 11.3. The molecule has 0 radical (unpaired) electrons. The number of hydrogen-bond donors (Lipinski definition) is 3. The number of hydrogen-bond acceptors (Lipinski definition) is 6.